The van der Waals surface area contributed by atoms with Gasteiger partial charge in [-0.15, -0.1) is 0 Å². The van der Waals surface area contributed by atoms with Crippen molar-refractivity contribution in [3.8, 4) is 5.75 Å². The Kier molecular flexibility index (Phi) is 6.64. The van der Waals surface area contributed by atoms with Crippen molar-refractivity contribution in [1.29, 1.82) is 0 Å². The molecule has 1 fully saturated rings. The largest absolute Gasteiger partial charge is 0.492 e. The van der Waals surface area contributed by atoms with Gasteiger partial charge < -0.3 is 15.2 Å². The van der Waals surface area contributed by atoms with Gasteiger partial charge in [0.2, 0.25) is 5.91 Å². The maximum Gasteiger partial charge on any atom is 0.221 e. The minimum atomic E-state index is -0.0750. The molecule has 0 unspecified atom stereocenters. The van der Waals surface area contributed by atoms with Crippen molar-refractivity contribution in [1.82, 2.24) is 9.80 Å². The summed E-state index contributed by atoms with van der Waals surface area (Å²) in [7, 11) is 0. The van der Waals surface area contributed by atoms with Crippen LogP contribution in [-0.2, 0) is 4.79 Å². The highest BCUT2D eigenvalue weighted by Crippen LogP contribution is 2.15. The molecule has 0 atom stereocenters. The summed E-state index contributed by atoms with van der Waals surface area (Å²) in [5.41, 5.74) is 0.778. The predicted octanol–water partition coefficient (Wildman–Crippen LogP) is 0.634. The molecule has 0 spiro atoms. The van der Waals surface area contributed by atoms with Crippen LogP contribution < -0.4 is 10.1 Å². The summed E-state index contributed by atoms with van der Waals surface area (Å²) < 4.78 is 5.74. The van der Waals surface area contributed by atoms with Crippen molar-refractivity contribution in [2.75, 3.05) is 57.8 Å². The van der Waals surface area contributed by atoms with Crippen LogP contribution in [0.1, 0.15) is 6.92 Å². The third-order valence-electron chi connectivity index (χ3n) is 3.73. The maximum absolute atomic E-state index is 10.9. The van der Waals surface area contributed by atoms with E-state index >= 15 is 0 Å². The summed E-state index contributed by atoms with van der Waals surface area (Å²) in [6, 6.07) is 7.41. The predicted molar refractivity (Wildman–Crippen MR) is 86.2 cm³/mol. The lowest BCUT2D eigenvalue weighted by Gasteiger charge is -2.34. The molecule has 0 radical (unpaired) electrons. The molecule has 2 N–H and O–H groups in total. The Balaban J connectivity index is 1.65. The maximum atomic E-state index is 10.9. The zero-order valence-electron chi connectivity index (χ0n) is 13.1. The zero-order chi connectivity index (χ0) is 15.8. The molecule has 1 aliphatic heterocycles. The number of anilines is 1. The molecule has 6 nitrogen and oxygen atoms in total. The average molecular weight is 307 g/mol. The number of carbonyl (C=O) groups is 1. The lowest BCUT2D eigenvalue weighted by Crippen LogP contribution is -2.48. The van der Waals surface area contributed by atoms with Crippen LogP contribution in [0.5, 0.6) is 5.75 Å². The Morgan fingerprint density at radius 3 is 2.27 bits per heavy atom. The molecular formula is C16H25N3O3. The van der Waals surface area contributed by atoms with Crippen LogP contribution in [0, 0.1) is 0 Å². The number of benzene rings is 1. The number of aliphatic hydroxyl groups is 1. The topological polar surface area (TPSA) is 65.0 Å². The van der Waals surface area contributed by atoms with Crippen molar-refractivity contribution in [3.05, 3.63) is 24.3 Å². The second-order valence-corrected chi connectivity index (χ2v) is 5.46. The first-order chi connectivity index (χ1) is 10.7. The molecule has 122 valence electrons. The number of ether oxygens (including phenoxy) is 1. The molecule has 0 bridgehead atoms. The Hall–Kier alpha value is -1.63. The average Bonchev–Trinajstić information content (AvgIpc) is 2.50. The highest BCUT2D eigenvalue weighted by molar-refractivity contribution is 5.88. The van der Waals surface area contributed by atoms with Crippen LogP contribution in [0.4, 0.5) is 5.69 Å². The van der Waals surface area contributed by atoms with E-state index in [4.69, 9.17) is 9.84 Å². The van der Waals surface area contributed by atoms with Crippen LogP contribution in [-0.4, -0.2) is 73.3 Å². The summed E-state index contributed by atoms with van der Waals surface area (Å²) >= 11 is 0. The number of aliphatic hydroxyl groups excluding tert-OH is 1. The third-order valence-corrected chi connectivity index (χ3v) is 3.73. The van der Waals surface area contributed by atoms with Gasteiger partial charge in [-0.2, -0.15) is 0 Å². The van der Waals surface area contributed by atoms with Crippen molar-refractivity contribution in [2.24, 2.45) is 0 Å². The van der Waals surface area contributed by atoms with Crippen LogP contribution in [0.3, 0.4) is 0 Å². The summed E-state index contributed by atoms with van der Waals surface area (Å²) in [5, 5.41) is 11.7. The second-order valence-electron chi connectivity index (χ2n) is 5.46. The van der Waals surface area contributed by atoms with Gasteiger partial charge in [0.15, 0.2) is 0 Å². The quantitative estimate of drug-likeness (QED) is 0.774. The first-order valence-electron chi connectivity index (χ1n) is 7.73. The van der Waals surface area contributed by atoms with E-state index in [1.54, 1.807) is 0 Å². The number of piperazine rings is 1. The number of hydrogen-bond donors (Lipinski definition) is 2. The number of hydrogen-bond acceptors (Lipinski definition) is 5. The molecule has 1 saturated heterocycles. The highest BCUT2D eigenvalue weighted by atomic mass is 16.5. The van der Waals surface area contributed by atoms with E-state index in [-0.39, 0.29) is 12.5 Å². The van der Waals surface area contributed by atoms with Crippen molar-refractivity contribution < 1.29 is 14.6 Å². The van der Waals surface area contributed by atoms with Gasteiger partial charge >= 0.3 is 0 Å². The minimum Gasteiger partial charge on any atom is -0.492 e. The van der Waals surface area contributed by atoms with E-state index in [9.17, 15) is 4.79 Å². The molecule has 22 heavy (non-hydrogen) atoms. The number of amides is 1. The van der Waals surface area contributed by atoms with E-state index in [1.807, 2.05) is 24.3 Å². The fraction of sp³-hybridized carbons (Fsp3) is 0.562. The second kappa shape index (κ2) is 8.73. The Morgan fingerprint density at radius 1 is 1.14 bits per heavy atom. The van der Waals surface area contributed by atoms with Gasteiger partial charge in [0.05, 0.1) is 6.61 Å². The van der Waals surface area contributed by atoms with Crippen molar-refractivity contribution >= 4 is 11.6 Å². The smallest absolute Gasteiger partial charge is 0.221 e. The fourth-order valence-electron chi connectivity index (χ4n) is 2.51. The molecule has 1 aliphatic rings. The lowest BCUT2D eigenvalue weighted by molar-refractivity contribution is -0.114. The molecule has 1 amide bonds. The van der Waals surface area contributed by atoms with Crippen molar-refractivity contribution in [3.63, 3.8) is 0 Å². The van der Waals surface area contributed by atoms with E-state index in [1.165, 1.54) is 6.92 Å². The Labute approximate surface area is 131 Å². The van der Waals surface area contributed by atoms with E-state index in [0.717, 1.165) is 50.7 Å². The number of nitrogens with one attached hydrogen (secondary N) is 1. The lowest BCUT2D eigenvalue weighted by atomic mass is 10.3. The Morgan fingerprint density at radius 2 is 1.73 bits per heavy atom. The molecular weight excluding hydrogens is 282 g/mol. The van der Waals surface area contributed by atoms with Crippen LogP contribution in [0.2, 0.25) is 0 Å². The molecule has 1 aromatic rings. The van der Waals surface area contributed by atoms with E-state index in [2.05, 4.69) is 15.1 Å². The molecule has 2 rings (SSSR count). The molecule has 0 aromatic heterocycles. The first-order valence-corrected chi connectivity index (χ1v) is 7.73. The first kappa shape index (κ1) is 16.7. The van der Waals surface area contributed by atoms with Crippen LogP contribution >= 0.6 is 0 Å². The van der Waals surface area contributed by atoms with Gasteiger partial charge in [-0.3, -0.25) is 14.6 Å². The monoisotopic (exact) mass is 307 g/mol. The third kappa shape index (κ3) is 5.63. The number of carbonyl (C=O) groups excluding carboxylic acids is 1. The fourth-order valence-corrected chi connectivity index (χ4v) is 2.51. The van der Waals surface area contributed by atoms with E-state index in [0.29, 0.717) is 6.61 Å². The zero-order valence-corrected chi connectivity index (χ0v) is 13.1. The van der Waals surface area contributed by atoms with Crippen LogP contribution in [0.15, 0.2) is 24.3 Å². The number of nitrogens with zero attached hydrogens (tertiary/aromatic N) is 2. The summed E-state index contributed by atoms with van der Waals surface area (Å²) in [6.45, 7) is 8.10. The Bertz CT molecular complexity index is 456. The molecule has 1 heterocycles. The summed E-state index contributed by atoms with van der Waals surface area (Å²) in [6.07, 6.45) is 0. The van der Waals surface area contributed by atoms with Gasteiger partial charge in [-0.1, -0.05) is 0 Å². The van der Waals surface area contributed by atoms with E-state index < -0.39 is 0 Å². The van der Waals surface area contributed by atoms with Gasteiger partial charge in [-0.05, 0) is 24.3 Å². The summed E-state index contributed by atoms with van der Waals surface area (Å²) in [5.74, 6) is 0.738. The molecule has 1 aromatic carbocycles. The molecule has 0 saturated carbocycles. The van der Waals surface area contributed by atoms with Gasteiger partial charge in [0, 0.05) is 51.9 Å². The van der Waals surface area contributed by atoms with Crippen molar-refractivity contribution in [2.45, 2.75) is 6.92 Å². The summed E-state index contributed by atoms with van der Waals surface area (Å²) in [4.78, 5) is 15.6. The molecule has 6 heteroatoms. The standard InChI is InChI=1S/C16H25N3O3/c1-14(21)17-15-2-4-16(5-3-15)22-13-11-19-8-6-18(7-9-19)10-12-20/h2-5,20H,6-13H2,1H3,(H,17,21). The highest BCUT2D eigenvalue weighted by Gasteiger charge is 2.15. The SMILES string of the molecule is CC(=O)Nc1ccc(OCCN2CCN(CCO)CC2)cc1. The molecule has 0 aliphatic carbocycles. The van der Waals surface area contributed by atoms with Crippen LogP contribution in [0.25, 0.3) is 0 Å². The van der Waals surface area contributed by atoms with Gasteiger partial charge in [-0.25, -0.2) is 0 Å². The van der Waals surface area contributed by atoms with Gasteiger partial charge in [0.25, 0.3) is 0 Å². The normalized spacial score (nSPS) is 16.5. The minimum absolute atomic E-state index is 0.0750. The number of β-amino-alcohol motifs (C(OH)–C–C–N with tert-alkyl or cyclic N) is 1. The number of rotatable bonds is 7. The van der Waals surface area contributed by atoms with Gasteiger partial charge in [0.1, 0.15) is 12.4 Å².